The van der Waals surface area contributed by atoms with Crippen LogP contribution in [0.2, 0.25) is 0 Å². The molecule has 8 aromatic carbocycles. The van der Waals surface area contributed by atoms with Crippen molar-refractivity contribution < 1.29 is 4.74 Å². The van der Waals surface area contributed by atoms with Crippen molar-refractivity contribution in [3.8, 4) is 5.75 Å². The van der Waals surface area contributed by atoms with Crippen LogP contribution in [0.15, 0.2) is 299 Å². The highest BCUT2D eigenvalue weighted by Crippen LogP contribution is 2.33. The lowest BCUT2D eigenvalue weighted by Gasteiger charge is -2.20. The quantitative estimate of drug-likeness (QED) is 0.146. The molecule has 18 rings (SSSR count). The molecule has 740 valence electrons. The van der Waals surface area contributed by atoms with Gasteiger partial charge in [-0.2, -0.15) is 0 Å². The molecule has 0 saturated heterocycles. The predicted octanol–water partition coefficient (Wildman–Crippen LogP) is 38.8. The highest BCUT2D eigenvalue weighted by molar-refractivity contribution is 5.87. The molecule has 0 radical (unpaired) electrons. The second-order valence-corrected chi connectivity index (χ2v) is 32.1. The van der Waals surface area contributed by atoms with E-state index in [0.29, 0.717) is 53.3 Å². The van der Waals surface area contributed by atoms with Gasteiger partial charge in [0.2, 0.25) is 0 Å². The molecule has 12 heteroatoms. The molecule has 137 heavy (non-hydrogen) atoms. The summed E-state index contributed by atoms with van der Waals surface area (Å²) in [4.78, 5) is 43.1. The van der Waals surface area contributed by atoms with Gasteiger partial charge < -0.3 is 10.1 Å². The number of anilines is 1. The summed E-state index contributed by atoms with van der Waals surface area (Å²) < 4.78 is 5.55. The number of para-hydroxylation sites is 3. The van der Waals surface area contributed by atoms with Crippen molar-refractivity contribution in [1.29, 1.82) is 0 Å². The minimum Gasteiger partial charge on any atom is -0.490 e. The zero-order valence-corrected chi connectivity index (χ0v) is 89.8. The lowest BCUT2D eigenvalue weighted by atomic mass is 9.98. The third-order valence-corrected chi connectivity index (χ3v) is 20.4. The highest BCUT2D eigenvalue weighted by atomic mass is 16.5. The van der Waals surface area contributed by atoms with Crippen LogP contribution in [0, 0.1) is 0 Å². The Balaban J connectivity index is 0. The number of hydrogen-bond acceptors (Lipinski definition) is 12. The maximum atomic E-state index is 5.55. The van der Waals surface area contributed by atoms with E-state index in [4.69, 9.17) is 4.74 Å². The summed E-state index contributed by atoms with van der Waals surface area (Å²) in [6.07, 6.45) is 20.4. The average molecular weight is 1850 g/mol. The third kappa shape index (κ3) is 42.1. The second kappa shape index (κ2) is 74.0. The van der Waals surface area contributed by atoms with Gasteiger partial charge in [-0.25, -0.2) is 0 Å². The molecule has 0 fully saturated rings. The van der Waals surface area contributed by atoms with Gasteiger partial charge in [0.1, 0.15) is 12.4 Å². The molecular weight excluding hydrogens is 1670 g/mol. The van der Waals surface area contributed by atoms with E-state index in [0.717, 1.165) is 74.2 Å². The van der Waals surface area contributed by atoms with Gasteiger partial charge in [0.25, 0.3) is 0 Å². The van der Waals surface area contributed by atoms with Crippen molar-refractivity contribution in [3.63, 3.8) is 0 Å². The minimum absolute atomic E-state index is 0. The maximum absolute atomic E-state index is 5.55. The lowest BCUT2D eigenvalue weighted by molar-refractivity contribution is 0.323. The number of rotatable bonds is 9. The van der Waals surface area contributed by atoms with E-state index in [1.807, 2.05) is 253 Å². The van der Waals surface area contributed by atoms with Crippen LogP contribution in [-0.2, 0) is 0 Å². The lowest BCUT2D eigenvalue weighted by Crippen LogP contribution is -2.18. The molecule has 1 N–H and O–H groups in total. The van der Waals surface area contributed by atoms with Crippen LogP contribution >= 0.6 is 0 Å². The van der Waals surface area contributed by atoms with Gasteiger partial charge in [0.15, 0.2) is 0 Å². The Bertz CT molecular complexity index is 5240. The van der Waals surface area contributed by atoms with E-state index in [2.05, 4.69) is 338 Å². The summed E-state index contributed by atoms with van der Waals surface area (Å²) in [5, 5.41) is 12.1. The molecule has 1 aliphatic heterocycles. The molecule has 10 heterocycles. The van der Waals surface area contributed by atoms with Crippen molar-refractivity contribution >= 4 is 93.0 Å². The first-order chi connectivity index (χ1) is 65.5. The van der Waals surface area contributed by atoms with Crippen molar-refractivity contribution in [2.24, 2.45) is 0 Å². The molecule has 0 saturated carbocycles. The van der Waals surface area contributed by atoms with E-state index in [9.17, 15) is 0 Å². The summed E-state index contributed by atoms with van der Waals surface area (Å²) in [5.41, 5.74) is 22.6. The van der Waals surface area contributed by atoms with Crippen molar-refractivity contribution in [2.75, 3.05) is 18.5 Å². The van der Waals surface area contributed by atoms with E-state index in [1.54, 1.807) is 12.4 Å². The highest BCUT2D eigenvalue weighted by Gasteiger charge is 2.13. The summed E-state index contributed by atoms with van der Waals surface area (Å²) in [6.45, 7) is 77.2. The Morgan fingerprint density at radius 1 is 0.226 bits per heavy atom. The monoisotopic (exact) mass is 1850 g/mol. The van der Waals surface area contributed by atoms with Crippen LogP contribution in [0.3, 0.4) is 0 Å². The molecule has 9 aromatic heterocycles. The zero-order chi connectivity index (χ0) is 101. The van der Waals surface area contributed by atoms with Gasteiger partial charge in [0, 0.05) is 107 Å². The molecular formula is C125H179N11O. The Kier molecular flexibility index (Phi) is 68.4. The first kappa shape index (κ1) is 127. The molecule has 0 bridgehead atoms. The first-order valence-corrected chi connectivity index (χ1v) is 50.5. The Labute approximate surface area is 832 Å². The standard InChI is InChI=1S/6C12H13N.2C11H12N2.C11H15NO.9C2H6.2CH4/c1-9(2)10-5-3-7-12-11(10)6-4-8-13-12;1-9(2)11-7-3-5-10-6-4-8-13-12(10)11;1-9(2)10-5-6-12-11(8-10)4-3-7-13-12;1-9(2)11-7-10-5-3-4-6-12(10)13-8-11;1-9(2)12-8-13-7-10-5-3-4-6-11(10)12;1-9(2)10-7-8-13-12-6-4-3-5-11(10)12;1-8(2)9-3-4-10-11(7-9)13-6-5-12-10;1-8(2)9-5-7-12-10-4-3-6-13-11(9)10;1-8(2)9-3-4-10-11(7-9)13-6-5-12-10;9*1-2;;/h6*3-9H,1-2H3;2*3-8H,1-2H3;3-4,7-8,12H,5-6H2,1-2H3;9*1-2H3;2*1H4. The van der Waals surface area contributed by atoms with Gasteiger partial charge >= 0.3 is 0 Å². The fourth-order valence-electron chi connectivity index (χ4n) is 13.6. The van der Waals surface area contributed by atoms with E-state index >= 15 is 0 Å². The molecule has 1 aliphatic rings. The Hall–Kier alpha value is -12.3. The Morgan fingerprint density at radius 3 is 1.15 bits per heavy atom. The average Bonchev–Trinajstić information content (AvgIpc) is 0.819. The zero-order valence-electron chi connectivity index (χ0n) is 89.8. The van der Waals surface area contributed by atoms with Gasteiger partial charge in [-0.15, -0.1) is 0 Å². The third-order valence-electron chi connectivity index (χ3n) is 20.4. The molecule has 0 amide bonds. The van der Waals surface area contributed by atoms with Crippen LogP contribution in [-0.4, -0.2) is 63.0 Å². The van der Waals surface area contributed by atoms with Gasteiger partial charge in [-0.3, -0.25) is 49.8 Å². The number of benzene rings is 8. The molecule has 12 nitrogen and oxygen atoms in total. The minimum atomic E-state index is 0. The van der Waals surface area contributed by atoms with Crippen molar-refractivity contribution in [1.82, 2.24) is 49.8 Å². The molecule has 0 spiro atoms. The summed E-state index contributed by atoms with van der Waals surface area (Å²) in [7, 11) is 0. The topological polar surface area (TPSA) is 150 Å². The maximum Gasteiger partial charge on any atom is 0.142 e. The van der Waals surface area contributed by atoms with E-state index < -0.39 is 0 Å². The SMILES string of the molecule is C.C.CC.CC.CC.CC.CC.CC.CC.CC.CC.CC(C)c1ccc2c(c1)OCCN2.CC(C)c1ccc2ncccc2c1.CC(C)c1ccc2nccnc2c1.CC(C)c1cccc2cccnc12.CC(C)c1cccc2ncccc12.CC(C)c1ccnc2ccccc12.CC(C)c1ccnc2cccnc12.CC(C)c1cnc2ccccc2c1.CC(C)c1cncc2ccccc12. The van der Waals surface area contributed by atoms with Crippen LogP contribution in [0.25, 0.3) is 87.4 Å². The van der Waals surface area contributed by atoms with Crippen LogP contribution in [0.1, 0.15) is 367 Å². The fraction of sp³-hybridized carbons (Fsp3) is 0.392. The number of hydrogen-bond donors (Lipinski definition) is 1. The molecule has 0 aliphatic carbocycles. The number of nitrogens with one attached hydrogen (secondary N) is 1. The normalized spacial score (nSPS) is 10.1. The van der Waals surface area contributed by atoms with Crippen LogP contribution in [0.5, 0.6) is 5.75 Å². The summed E-state index contributed by atoms with van der Waals surface area (Å²) >= 11 is 0. The second-order valence-electron chi connectivity index (χ2n) is 32.1. The largest absolute Gasteiger partial charge is 0.490 e. The Morgan fingerprint density at radius 2 is 0.584 bits per heavy atom. The number of nitrogens with zero attached hydrogens (tertiary/aromatic N) is 10. The fourth-order valence-corrected chi connectivity index (χ4v) is 13.6. The predicted molar refractivity (Wildman–Crippen MR) is 612 cm³/mol. The summed E-state index contributed by atoms with van der Waals surface area (Å²) in [5.74, 6) is 5.96. The smallest absolute Gasteiger partial charge is 0.142 e. The van der Waals surface area contributed by atoms with Crippen molar-refractivity contribution in [2.45, 2.75) is 317 Å². The van der Waals surface area contributed by atoms with Gasteiger partial charge in [-0.05, 0) is 212 Å². The van der Waals surface area contributed by atoms with Gasteiger partial charge in [0.05, 0.1) is 55.3 Å². The number of fused-ring (bicyclic) bond motifs is 9. The number of pyridine rings is 8. The summed E-state index contributed by atoms with van der Waals surface area (Å²) in [6, 6.07) is 79.2. The number of ether oxygens (including phenoxy) is 1. The van der Waals surface area contributed by atoms with E-state index in [-0.39, 0.29) is 14.9 Å². The number of aromatic nitrogens is 10. The molecule has 17 aromatic rings. The molecule has 0 atom stereocenters. The first-order valence-electron chi connectivity index (χ1n) is 50.5. The van der Waals surface area contributed by atoms with Crippen molar-refractivity contribution in [3.05, 3.63) is 349 Å². The molecule has 0 unspecified atom stereocenters. The van der Waals surface area contributed by atoms with Crippen LogP contribution < -0.4 is 10.1 Å². The van der Waals surface area contributed by atoms with E-state index in [1.165, 1.54) is 87.8 Å². The van der Waals surface area contributed by atoms with Gasteiger partial charge in [-0.1, -0.05) is 392 Å². The van der Waals surface area contributed by atoms with Crippen LogP contribution in [0.4, 0.5) is 5.69 Å².